The normalized spacial score (nSPS) is 19.4. The molecular weight excluding hydrogens is 254 g/mol. The number of nitrogen functional groups attached to an aromatic ring is 1. The Balaban J connectivity index is 2.05. The summed E-state index contributed by atoms with van der Waals surface area (Å²) in [7, 11) is 1.99. The van der Waals surface area contributed by atoms with Gasteiger partial charge in [-0.25, -0.2) is 4.98 Å². The van der Waals surface area contributed by atoms with Crippen LogP contribution in [-0.2, 0) is 0 Å². The highest BCUT2D eigenvalue weighted by molar-refractivity contribution is 5.86. The fourth-order valence-corrected chi connectivity index (χ4v) is 2.64. The van der Waals surface area contributed by atoms with E-state index in [4.69, 9.17) is 10.2 Å². The summed E-state index contributed by atoms with van der Waals surface area (Å²) < 4.78 is 5.95. The van der Waals surface area contributed by atoms with Gasteiger partial charge in [-0.2, -0.15) is 4.98 Å². The second-order valence-electron chi connectivity index (χ2n) is 5.64. The van der Waals surface area contributed by atoms with Crippen LogP contribution < -0.4 is 16.0 Å². The van der Waals surface area contributed by atoms with Crippen LogP contribution in [0.5, 0.6) is 0 Å². The molecule has 1 atom stereocenters. The molecule has 3 heterocycles. The van der Waals surface area contributed by atoms with Crippen molar-refractivity contribution in [1.82, 2.24) is 15.3 Å². The zero-order chi connectivity index (χ0) is 14.3. The van der Waals surface area contributed by atoms with Crippen LogP contribution in [0.1, 0.15) is 31.9 Å². The molecule has 2 aromatic rings. The second kappa shape index (κ2) is 4.94. The molecule has 0 aromatic carbocycles. The Kier molecular flexibility index (Phi) is 3.25. The molecule has 1 aliphatic heterocycles. The van der Waals surface area contributed by atoms with Crippen LogP contribution in [0.15, 0.2) is 10.5 Å². The van der Waals surface area contributed by atoms with E-state index >= 15 is 0 Å². The molecule has 3 rings (SSSR count). The fourth-order valence-electron chi connectivity index (χ4n) is 2.64. The maximum Gasteiger partial charge on any atom is 0.222 e. The zero-order valence-electron chi connectivity index (χ0n) is 12.2. The number of hydrogen-bond donors (Lipinski definition) is 2. The third kappa shape index (κ3) is 2.20. The average Bonchev–Trinajstić information content (AvgIpc) is 3.03. The van der Waals surface area contributed by atoms with Crippen molar-refractivity contribution in [2.75, 3.05) is 30.8 Å². The predicted octanol–water partition coefficient (Wildman–Crippen LogP) is 1.73. The summed E-state index contributed by atoms with van der Waals surface area (Å²) in [6.07, 6.45) is 1.10. The van der Waals surface area contributed by atoms with E-state index in [-0.39, 0.29) is 0 Å². The Morgan fingerprint density at radius 1 is 1.45 bits per heavy atom. The number of rotatable bonds is 3. The average molecular weight is 275 g/mol. The fraction of sp³-hybridized carbons (Fsp3) is 0.571. The van der Waals surface area contributed by atoms with E-state index in [0.29, 0.717) is 17.9 Å². The van der Waals surface area contributed by atoms with Gasteiger partial charge in [-0.15, -0.1) is 0 Å². The van der Waals surface area contributed by atoms with Gasteiger partial charge in [0.15, 0.2) is 11.4 Å². The third-order valence-electron chi connectivity index (χ3n) is 3.86. The molecule has 0 unspecified atom stereocenters. The van der Waals surface area contributed by atoms with E-state index in [9.17, 15) is 0 Å². The van der Waals surface area contributed by atoms with Gasteiger partial charge in [0.1, 0.15) is 11.3 Å². The molecule has 0 radical (unpaired) electrons. The number of likely N-dealkylation sites (N-methyl/N-ethyl adjacent to an activating group) is 1. The highest BCUT2D eigenvalue weighted by Crippen LogP contribution is 2.32. The minimum absolute atomic E-state index is 0.302. The number of nitrogens with zero attached hydrogens (tertiary/aromatic N) is 3. The summed E-state index contributed by atoms with van der Waals surface area (Å²) in [6, 6.07) is 2.45. The number of hydrogen-bond acceptors (Lipinski definition) is 6. The molecule has 6 heteroatoms. The first-order valence-electron chi connectivity index (χ1n) is 7.07. The summed E-state index contributed by atoms with van der Waals surface area (Å²) in [5.41, 5.74) is 7.38. The molecule has 6 nitrogen and oxygen atoms in total. The molecule has 0 aliphatic carbocycles. The second-order valence-corrected chi connectivity index (χ2v) is 5.64. The lowest BCUT2D eigenvalue weighted by atomic mass is 10.2. The van der Waals surface area contributed by atoms with Gasteiger partial charge in [-0.05, 0) is 13.5 Å². The maximum absolute atomic E-state index is 5.95. The SMILES string of the molecule is CN[C@@H]1CCN(c2nc(N)nc3cc(C(C)C)oc23)C1. The van der Waals surface area contributed by atoms with Crippen molar-refractivity contribution in [2.24, 2.45) is 0 Å². The number of fused-ring (bicyclic) bond motifs is 1. The van der Waals surface area contributed by atoms with Crippen LogP contribution in [-0.4, -0.2) is 36.1 Å². The maximum atomic E-state index is 5.95. The Hall–Kier alpha value is -1.82. The number of nitrogens with two attached hydrogens (primary N) is 1. The molecule has 20 heavy (non-hydrogen) atoms. The van der Waals surface area contributed by atoms with E-state index in [2.05, 4.69) is 34.0 Å². The van der Waals surface area contributed by atoms with Gasteiger partial charge in [0, 0.05) is 31.1 Å². The summed E-state index contributed by atoms with van der Waals surface area (Å²) in [6.45, 7) is 6.07. The number of nitrogens with one attached hydrogen (secondary N) is 1. The van der Waals surface area contributed by atoms with Gasteiger partial charge in [0.25, 0.3) is 0 Å². The number of anilines is 2. The quantitative estimate of drug-likeness (QED) is 0.888. The van der Waals surface area contributed by atoms with Gasteiger partial charge in [0.2, 0.25) is 5.95 Å². The summed E-state index contributed by atoms with van der Waals surface area (Å²) in [4.78, 5) is 10.9. The number of aromatic nitrogens is 2. The van der Waals surface area contributed by atoms with Gasteiger partial charge >= 0.3 is 0 Å². The molecule has 0 saturated carbocycles. The molecule has 0 amide bonds. The van der Waals surface area contributed by atoms with Crippen LogP contribution in [0.2, 0.25) is 0 Å². The Bertz CT molecular complexity index is 621. The van der Waals surface area contributed by atoms with Crippen LogP contribution in [0.3, 0.4) is 0 Å². The minimum Gasteiger partial charge on any atom is -0.455 e. The first kappa shape index (κ1) is 13.2. The standard InChI is InChI=1S/C14H21N5O/c1-8(2)11-6-10-12(20-11)13(18-14(15)17-10)19-5-4-9(7-19)16-3/h6,8-9,16H,4-5,7H2,1-3H3,(H2,15,17,18)/t9-/m1/s1. The van der Waals surface area contributed by atoms with E-state index in [1.165, 1.54) is 0 Å². The predicted molar refractivity (Wildman–Crippen MR) is 80.0 cm³/mol. The van der Waals surface area contributed by atoms with E-state index in [1.54, 1.807) is 0 Å². The smallest absolute Gasteiger partial charge is 0.222 e. The molecule has 1 aliphatic rings. The van der Waals surface area contributed by atoms with E-state index in [1.807, 2.05) is 13.1 Å². The molecule has 0 spiro atoms. The van der Waals surface area contributed by atoms with Gasteiger partial charge < -0.3 is 20.4 Å². The summed E-state index contributed by atoms with van der Waals surface area (Å²) in [5, 5.41) is 3.30. The molecule has 2 aromatic heterocycles. The molecule has 3 N–H and O–H groups in total. The highest BCUT2D eigenvalue weighted by atomic mass is 16.3. The Labute approximate surface area is 118 Å². The highest BCUT2D eigenvalue weighted by Gasteiger charge is 2.26. The third-order valence-corrected chi connectivity index (χ3v) is 3.86. The van der Waals surface area contributed by atoms with E-state index in [0.717, 1.165) is 42.2 Å². The van der Waals surface area contributed by atoms with Gasteiger partial charge in [-0.1, -0.05) is 13.8 Å². The number of furan rings is 1. The summed E-state index contributed by atoms with van der Waals surface area (Å²) in [5.74, 6) is 2.36. The van der Waals surface area contributed by atoms with Gasteiger partial charge in [-0.3, -0.25) is 0 Å². The van der Waals surface area contributed by atoms with Crippen molar-refractivity contribution in [3.8, 4) is 0 Å². The van der Waals surface area contributed by atoms with Crippen LogP contribution in [0.4, 0.5) is 11.8 Å². The van der Waals surface area contributed by atoms with Crippen molar-refractivity contribution < 1.29 is 4.42 Å². The van der Waals surface area contributed by atoms with Crippen molar-refractivity contribution >= 4 is 22.9 Å². The van der Waals surface area contributed by atoms with Crippen LogP contribution in [0, 0.1) is 0 Å². The summed E-state index contributed by atoms with van der Waals surface area (Å²) >= 11 is 0. The lowest BCUT2D eigenvalue weighted by molar-refractivity contribution is 0.520. The van der Waals surface area contributed by atoms with E-state index < -0.39 is 0 Å². The molecule has 108 valence electrons. The van der Waals surface area contributed by atoms with Crippen molar-refractivity contribution in [3.63, 3.8) is 0 Å². The minimum atomic E-state index is 0.302. The molecule has 1 saturated heterocycles. The Morgan fingerprint density at radius 2 is 2.25 bits per heavy atom. The van der Waals surface area contributed by atoms with Crippen molar-refractivity contribution in [2.45, 2.75) is 32.2 Å². The first-order chi connectivity index (χ1) is 9.58. The molecule has 1 fully saturated rings. The lowest BCUT2D eigenvalue weighted by Crippen LogP contribution is -2.30. The molecular formula is C14H21N5O. The monoisotopic (exact) mass is 275 g/mol. The van der Waals surface area contributed by atoms with Gasteiger partial charge in [0.05, 0.1) is 0 Å². The lowest BCUT2D eigenvalue weighted by Gasteiger charge is -2.17. The first-order valence-corrected chi connectivity index (χ1v) is 7.07. The topological polar surface area (TPSA) is 80.2 Å². The van der Waals surface area contributed by atoms with Crippen molar-refractivity contribution in [3.05, 3.63) is 11.8 Å². The van der Waals surface area contributed by atoms with Crippen molar-refractivity contribution in [1.29, 1.82) is 0 Å². The largest absolute Gasteiger partial charge is 0.455 e. The molecule has 0 bridgehead atoms. The zero-order valence-corrected chi connectivity index (χ0v) is 12.2. The van der Waals surface area contributed by atoms with Crippen LogP contribution >= 0.6 is 0 Å². The van der Waals surface area contributed by atoms with Crippen LogP contribution in [0.25, 0.3) is 11.1 Å². The Morgan fingerprint density at radius 3 is 2.90 bits per heavy atom.